The van der Waals surface area contributed by atoms with Crippen LogP contribution in [0.25, 0.3) is 0 Å². The van der Waals surface area contributed by atoms with Gasteiger partial charge in [-0.2, -0.15) is 13.2 Å². The topological polar surface area (TPSA) is 49.9 Å². The van der Waals surface area contributed by atoms with Crippen molar-refractivity contribution in [2.45, 2.75) is 19.3 Å². The number of hydrogen-bond acceptors (Lipinski definition) is 3. The molecule has 0 aliphatic carbocycles. The zero-order valence-corrected chi connectivity index (χ0v) is 13.2. The Balaban J connectivity index is 1.53. The van der Waals surface area contributed by atoms with Gasteiger partial charge in [0.05, 0.1) is 12.1 Å². The summed E-state index contributed by atoms with van der Waals surface area (Å²) in [6.07, 6.45) is -0.877. The van der Waals surface area contributed by atoms with Gasteiger partial charge in [0.25, 0.3) is 0 Å². The second-order valence-corrected chi connectivity index (χ2v) is 5.41. The molecule has 0 radical (unpaired) electrons. The lowest BCUT2D eigenvalue weighted by Crippen LogP contribution is -2.13. The number of benzene rings is 2. The molecule has 0 saturated carbocycles. The Morgan fingerprint density at radius 3 is 2.12 bits per heavy atom. The Kier molecular flexibility index (Phi) is 5.04. The summed E-state index contributed by atoms with van der Waals surface area (Å²) < 4.78 is 43.2. The Morgan fingerprint density at radius 2 is 1.56 bits per heavy atom. The number of H-pyrrole nitrogens is 1. The van der Waals surface area contributed by atoms with E-state index in [1.165, 1.54) is 12.1 Å². The first kappa shape index (κ1) is 17.0. The van der Waals surface area contributed by atoms with Crippen molar-refractivity contribution in [1.82, 2.24) is 15.3 Å². The van der Waals surface area contributed by atoms with Crippen LogP contribution in [-0.2, 0) is 19.3 Å². The number of hydrogen-bond donors (Lipinski definition) is 2. The Labute approximate surface area is 142 Å². The van der Waals surface area contributed by atoms with E-state index in [0.717, 1.165) is 23.5 Å². The van der Waals surface area contributed by atoms with E-state index >= 15 is 0 Å². The standard InChI is InChI=1S/C18H16F3N3O/c19-18(20,21)14-3-7-16(8-4-14)25-15-5-1-13(2-6-15)11-22-12-17-23-9-10-24-17/h1-10,22H,11-12H2,(H,23,24). The maximum Gasteiger partial charge on any atom is 0.416 e. The lowest BCUT2D eigenvalue weighted by molar-refractivity contribution is -0.137. The first-order valence-electron chi connectivity index (χ1n) is 7.64. The number of halogens is 3. The maximum atomic E-state index is 12.5. The molecule has 1 heterocycles. The number of nitrogens with one attached hydrogen (secondary N) is 2. The van der Waals surface area contributed by atoms with E-state index in [1.807, 2.05) is 12.1 Å². The van der Waals surface area contributed by atoms with Gasteiger partial charge in [0.2, 0.25) is 0 Å². The molecule has 0 atom stereocenters. The SMILES string of the molecule is FC(F)(F)c1ccc(Oc2ccc(CNCc3ncc[nH]3)cc2)cc1. The van der Waals surface area contributed by atoms with Crippen LogP contribution in [0.15, 0.2) is 60.9 Å². The summed E-state index contributed by atoms with van der Waals surface area (Å²) in [5.41, 5.74) is 0.365. The number of imidazole rings is 1. The minimum atomic E-state index is -4.34. The van der Waals surface area contributed by atoms with Gasteiger partial charge in [-0.15, -0.1) is 0 Å². The Morgan fingerprint density at radius 1 is 0.920 bits per heavy atom. The second-order valence-electron chi connectivity index (χ2n) is 5.41. The summed E-state index contributed by atoms with van der Waals surface area (Å²) in [4.78, 5) is 7.13. The molecule has 0 unspecified atom stereocenters. The maximum absolute atomic E-state index is 12.5. The van der Waals surface area contributed by atoms with Crippen molar-refractivity contribution in [1.29, 1.82) is 0 Å². The molecule has 0 bridgehead atoms. The molecule has 0 aliphatic rings. The van der Waals surface area contributed by atoms with Crippen LogP contribution in [0.4, 0.5) is 13.2 Å². The fourth-order valence-corrected chi connectivity index (χ4v) is 2.24. The van der Waals surface area contributed by atoms with E-state index in [9.17, 15) is 13.2 Å². The summed E-state index contributed by atoms with van der Waals surface area (Å²) in [6, 6.07) is 12.0. The van der Waals surface area contributed by atoms with Gasteiger partial charge in [-0.3, -0.25) is 0 Å². The zero-order valence-electron chi connectivity index (χ0n) is 13.2. The summed E-state index contributed by atoms with van der Waals surface area (Å²) in [6.45, 7) is 1.30. The highest BCUT2D eigenvalue weighted by Gasteiger charge is 2.30. The fraction of sp³-hybridized carbons (Fsp3) is 0.167. The quantitative estimate of drug-likeness (QED) is 0.690. The highest BCUT2D eigenvalue weighted by Crippen LogP contribution is 2.31. The smallest absolute Gasteiger partial charge is 0.416 e. The highest BCUT2D eigenvalue weighted by molar-refractivity contribution is 5.35. The van der Waals surface area contributed by atoms with Gasteiger partial charge in [0.15, 0.2) is 0 Å². The number of aromatic amines is 1. The van der Waals surface area contributed by atoms with Gasteiger partial charge in [0, 0.05) is 18.9 Å². The molecule has 3 aromatic rings. The van der Waals surface area contributed by atoms with Crippen LogP contribution >= 0.6 is 0 Å². The third kappa shape index (κ3) is 4.84. The monoisotopic (exact) mass is 347 g/mol. The summed E-state index contributed by atoms with van der Waals surface area (Å²) >= 11 is 0. The van der Waals surface area contributed by atoms with Crippen LogP contribution < -0.4 is 10.1 Å². The van der Waals surface area contributed by atoms with Gasteiger partial charge in [-0.1, -0.05) is 12.1 Å². The summed E-state index contributed by atoms with van der Waals surface area (Å²) in [5.74, 6) is 1.79. The van der Waals surface area contributed by atoms with Crippen LogP contribution in [0, 0.1) is 0 Å². The van der Waals surface area contributed by atoms with Gasteiger partial charge >= 0.3 is 6.18 Å². The van der Waals surface area contributed by atoms with Crippen molar-refractivity contribution >= 4 is 0 Å². The van der Waals surface area contributed by atoms with Crippen molar-refractivity contribution in [3.05, 3.63) is 77.9 Å². The van der Waals surface area contributed by atoms with Crippen molar-refractivity contribution in [2.75, 3.05) is 0 Å². The van der Waals surface area contributed by atoms with Crippen LogP contribution in [-0.4, -0.2) is 9.97 Å². The molecule has 25 heavy (non-hydrogen) atoms. The molecule has 2 N–H and O–H groups in total. The lowest BCUT2D eigenvalue weighted by atomic mass is 10.2. The van der Waals surface area contributed by atoms with Crippen LogP contribution in [0.2, 0.25) is 0 Å². The van der Waals surface area contributed by atoms with E-state index in [2.05, 4.69) is 15.3 Å². The molecule has 0 spiro atoms. The first-order chi connectivity index (χ1) is 12.0. The lowest BCUT2D eigenvalue weighted by Gasteiger charge is -2.09. The number of nitrogens with zero attached hydrogens (tertiary/aromatic N) is 1. The van der Waals surface area contributed by atoms with Crippen molar-refractivity contribution in [3.63, 3.8) is 0 Å². The fourth-order valence-electron chi connectivity index (χ4n) is 2.24. The number of aromatic nitrogens is 2. The molecule has 3 rings (SSSR count). The van der Waals surface area contributed by atoms with Gasteiger partial charge < -0.3 is 15.0 Å². The van der Waals surface area contributed by atoms with Gasteiger partial charge in [0.1, 0.15) is 17.3 Å². The molecule has 0 saturated heterocycles. The molecule has 0 fully saturated rings. The zero-order chi connectivity index (χ0) is 17.7. The minimum Gasteiger partial charge on any atom is -0.457 e. The molecule has 130 valence electrons. The van der Waals surface area contributed by atoms with Crippen LogP contribution in [0.5, 0.6) is 11.5 Å². The molecule has 4 nitrogen and oxygen atoms in total. The van der Waals surface area contributed by atoms with Gasteiger partial charge in [-0.05, 0) is 42.0 Å². The molecule has 7 heteroatoms. The van der Waals surface area contributed by atoms with E-state index in [0.29, 0.717) is 24.6 Å². The summed E-state index contributed by atoms with van der Waals surface area (Å²) in [7, 11) is 0. The third-order valence-corrected chi connectivity index (χ3v) is 3.52. The normalized spacial score (nSPS) is 11.5. The first-order valence-corrected chi connectivity index (χ1v) is 7.64. The Bertz CT molecular complexity index is 782. The van der Waals surface area contributed by atoms with Gasteiger partial charge in [-0.25, -0.2) is 4.98 Å². The highest BCUT2D eigenvalue weighted by atomic mass is 19.4. The molecule has 1 aromatic heterocycles. The number of ether oxygens (including phenoxy) is 1. The average Bonchev–Trinajstić information content (AvgIpc) is 3.10. The summed E-state index contributed by atoms with van der Waals surface area (Å²) in [5, 5.41) is 3.25. The van der Waals surface area contributed by atoms with Crippen LogP contribution in [0.3, 0.4) is 0 Å². The third-order valence-electron chi connectivity index (χ3n) is 3.52. The Hall–Kier alpha value is -2.80. The largest absolute Gasteiger partial charge is 0.457 e. The average molecular weight is 347 g/mol. The van der Waals surface area contributed by atoms with E-state index in [4.69, 9.17) is 4.74 Å². The molecular weight excluding hydrogens is 331 g/mol. The van der Waals surface area contributed by atoms with Crippen molar-refractivity contribution in [2.24, 2.45) is 0 Å². The minimum absolute atomic E-state index is 0.358. The van der Waals surface area contributed by atoms with E-state index in [-0.39, 0.29) is 0 Å². The number of rotatable bonds is 6. The predicted molar refractivity (Wildman–Crippen MR) is 87.1 cm³/mol. The van der Waals surface area contributed by atoms with Crippen molar-refractivity contribution < 1.29 is 17.9 Å². The second kappa shape index (κ2) is 7.40. The molecule has 0 aliphatic heterocycles. The van der Waals surface area contributed by atoms with Crippen molar-refractivity contribution in [3.8, 4) is 11.5 Å². The van der Waals surface area contributed by atoms with E-state index in [1.54, 1.807) is 24.5 Å². The molecule has 2 aromatic carbocycles. The van der Waals surface area contributed by atoms with Crippen LogP contribution in [0.1, 0.15) is 17.0 Å². The predicted octanol–water partition coefficient (Wildman–Crippen LogP) is 4.51. The molecule has 0 amide bonds. The van der Waals surface area contributed by atoms with E-state index < -0.39 is 11.7 Å². The number of alkyl halides is 3. The molecular formula is C18H16F3N3O.